The fraction of sp³-hybridized carbons (Fsp3) is 0.632. The molecule has 0 spiro atoms. The molecular formula is C19H32N4O2. The van der Waals surface area contributed by atoms with Gasteiger partial charge in [-0.3, -0.25) is 4.90 Å². The van der Waals surface area contributed by atoms with E-state index in [2.05, 4.69) is 35.1 Å². The Morgan fingerprint density at radius 1 is 1.36 bits per heavy atom. The van der Waals surface area contributed by atoms with Crippen LogP contribution >= 0.6 is 0 Å². The number of aryl methyl sites for hydroxylation is 1. The molecule has 1 aliphatic heterocycles. The SMILES string of the molecule is CCC(CN=C(N)NCCCN1CCOCC1)Oc1ccccc1C. The first-order valence-electron chi connectivity index (χ1n) is 9.25. The maximum atomic E-state index is 6.04. The predicted octanol–water partition coefficient (Wildman–Crippen LogP) is 1.78. The second-order valence-corrected chi connectivity index (χ2v) is 6.37. The maximum absolute atomic E-state index is 6.04. The molecule has 1 aromatic rings. The van der Waals surface area contributed by atoms with E-state index < -0.39 is 0 Å². The lowest BCUT2D eigenvalue weighted by Crippen LogP contribution is -2.39. The van der Waals surface area contributed by atoms with Crippen molar-refractivity contribution in [3.8, 4) is 5.75 Å². The van der Waals surface area contributed by atoms with Gasteiger partial charge in [0.1, 0.15) is 11.9 Å². The molecule has 0 bridgehead atoms. The number of nitrogens with zero attached hydrogens (tertiary/aromatic N) is 2. The first-order chi connectivity index (χ1) is 12.2. The van der Waals surface area contributed by atoms with Gasteiger partial charge in [-0.25, -0.2) is 4.99 Å². The summed E-state index contributed by atoms with van der Waals surface area (Å²) in [5.41, 5.74) is 7.11. The zero-order valence-electron chi connectivity index (χ0n) is 15.5. The largest absolute Gasteiger partial charge is 0.488 e. The van der Waals surface area contributed by atoms with Crippen molar-refractivity contribution in [3.05, 3.63) is 29.8 Å². The minimum Gasteiger partial charge on any atom is -0.488 e. The minimum atomic E-state index is 0.0369. The molecule has 25 heavy (non-hydrogen) atoms. The van der Waals surface area contributed by atoms with E-state index in [0.29, 0.717) is 12.5 Å². The molecule has 1 atom stereocenters. The second-order valence-electron chi connectivity index (χ2n) is 6.37. The minimum absolute atomic E-state index is 0.0369. The van der Waals surface area contributed by atoms with E-state index in [1.54, 1.807) is 0 Å². The lowest BCUT2D eigenvalue weighted by molar-refractivity contribution is 0.0376. The molecule has 0 saturated carbocycles. The average Bonchev–Trinajstić information content (AvgIpc) is 2.64. The third-order valence-electron chi connectivity index (χ3n) is 4.37. The smallest absolute Gasteiger partial charge is 0.188 e. The van der Waals surface area contributed by atoms with Crippen molar-refractivity contribution < 1.29 is 9.47 Å². The molecule has 0 aliphatic carbocycles. The summed E-state index contributed by atoms with van der Waals surface area (Å²) in [5, 5.41) is 3.19. The van der Waals surface area contributed by atoms with Crippen molar-refractivity contribution in [1.29, 1.82) is 0 Å². The van der Waals surface area contributed by atoms with Gasteiger partial charge in [-0.1, -0.05) is 25.1 Å². The number of rotatable bonds is 9. The molecule has 1 aliphatic rings. The number of benzene rings is 1. The van der Waals surface area contributed by atoms with E-state index in [4.69, 9.17) is 15.2 Å². The Morgan fingerprint density at radius 3 is 2.84 bits per heavy atom. The lowest BCUT2D eigenvalue weighted by atomic mass is 10.2. The number of nitrogens with two attached hydrogens (primary N) is 1. The van der Waals surface area contributed by atoms with E-state index in [1.807, 2.05) is 18.2 Å². The van der Waals surface area contributed by atoms with E-state index in [9.17, 15) is 0 Å². The monoisotopic (exact) mass is 348 g/mol. The topological polar surface area (TPSA) is 72.1 Å². The molecule has 1 saturated heterocycles. The fourth-order valence-electron chi connectivity index (χ4n) is 2.72. The molecule has 1 fully saturated rings. The standard InChI is InChI=1S/C19H32N4O2/c1-3-17(25-18-8-5-4-7-16(18)2)15-22-19(20)21-9-6-10-23-11-13-24-14-12-23/h4-5,7-8,17H,3,6,9-15H2,1-2H3,(H3,20,21,22). The zero-order valence-corrected chi connectivity index (χ0v) is 15.5. The molecule has 0 aromatic heterocycles. The Kier molecular flexibility index (Phi) is 8.55. The van der Waals surface area contributed by atoms with Crippen molar-refractivity contribution in [1.82, 2.24) is 10.2 Å². The van der Waals surface area contributed by atoms with E-state index >= 15 is 0 Å². The van der Waals surface area contributed by atoms with Crippen LogP contribution in [-0.2, 0) is 4.74 Å². The molecule has 0 radical (unpaired) electrons. The van der Waals surface area contributed by atoms with Crippen LogP contribution in [0.1, 0.15) is 25.3 Å². The number of morpholine rings is 1. The van der Waals surface area contributed by atoms with Crippen LogP contribution in [0.3, 0.4) is 0 Å². The second kappa shape index (κ2) is 10.9. The molecule has 3 N–H and O–H groups in total. The van der Waals surface area contributed by atoms with Crippen LogP contribution in [0.4, 0.5) is 0 Å². The first-order valence-corrected chi connectivity index (χ1v) is 9.25. The number of hydrogen-bond acceptors (Lipinski definition) is 4. The molecular weight excluding hydrogens is 316 g/mol. The summed E-state index contributed by atoms with van der Waals surface area (Å²) in [7, 11) is 0. The van der Waals surface area contributed by atoms with Gasteiger partial charge in [-0.2, -0.15) is 0 Å². The van der Waals surface area contributed by atoms with Gasteiger partial charge < -0.3 is 20.5 Å². The van der Waals surface area contributed by atoms with Crippen LogP contribution in [0.5, 0.6) is 5.75 Å². The maximum Gasteiger partial charge on any atom is 0.188 e. The van der Waals surface area contributed by atoms with Crippen molar-refractivity contribution in [2.24, 2.45) is 10.7 Å². The van der Waals surface area contributed by atoms with Gasteiger partial charge in [0, 0.05) is 19.6 Å². The number of nitrogens with one attached hydrogen (secondary N) is 1. The Morgan fingerprint density at radius 2 is 2.12 bits per heavy atom. The number of para-hydroxylation sites is 1. The number of hydrogen-bond donors (Lipinski definition) is 2. The van der Waals surface area contributed by atoms with Crippen molar-refractivity contribution >= 4 is 5.96 Å². The molecule has 1 unspecified atom stereocenters. The first kappa shape index (κ1) is 19.5. The van der Waals surface area contributed by atoms with Gasteiger partial charge in [-0.15, -0.1) is 0 Å². The van der Waals surface area contributed by atoms with Gasteiger partial charge in [-0.05, 0) is 37.9 Å². The number of ether oxygens (including phenoxy) is 2. The van der Waals surface area contributed by atoms with Crippen LogP contribution in [0.2, 0.25) is 0 Å². The fourth-order valence-corrected chi connectivity index (χ4v) is 2.72. The van der Waals surface area contributed by atoms with Crippen LogP contribution in [0, 0.1) is 6.92 Å². The third kappa shape index (κ3) is 7.32. The Balaban J connectivity index is 1.66. The van der Waals surface area contributed by atoms with Gasteiger partial charge in [0.25, 0.3) is 0 Å². The van der Waals surface area contributed by atoms with Crippen molar-refractivity contribution in [3.63, 3.8) is 0 Å². The molecule has 1 heterocycles. The Labute approximate surface area is 151 Å². The highest BCUT2D eigenvalue weighted by molar-refractivity contribution is 5.77. The molecule has 140 valence electrons. The summed E-state index contributed by atoms with van der Waals surface area (Å²) in [6, 6.07) is 8.05. The lowest BCUT2D eigenvalue weighted by Gasteiger charge is -2.26. The van der Waals surface area contributed by atoms with Crippen LogP contribution in [0.25, 0.3) is 0 Å². The summed E-state index contributed by atoms with van der Waals surface area (Å²) >= 11 is 0. The van der Waals surface area contributed by atoms with Gasteiger partial charge in [0.2, 0.25) is 0 Å². The summed E-state index contributed by atoms with van der Waals surface area (Å²) in [5.74, 6) is 1.41. The highest BCUT2D eigenvalue weighted by atomic mass is 16.5. The summed E-state index contributed by atoms with van der Waals surface area (Å²) < 4.78 is 11.4. The molecule has 6 heteroatoms. The predicted molar refractivity (Wildman–Crippen MR) is 102 cm³/mol. The zero-order chi connectivity index (χ0) is 17.9. The summed E-state index contributed by atoms with van der Waals surface area (Å²) in [4.78, 5) is 6.85. The van der Waals surface area contributed by atoms with E-state index in [1.165, 1.54) is 0 Å². The highest BCUT2D eigenvalue weighted by Crippen LogP contribution is 2.18. The Hall–Kier alpha value is -1.79. The normalized spacial score (nSPS) is 17.3. The quantitative estimate of drug-likeness (QED) is 0.404. The van der Waals surface area contributed by atoms with Gasteiger partial charge in [0.15, 0.2) is 5.96 Å². The molecule has 1 aromatic carbocycles. The third-order valence-corrected chi connectivity index (χ3v) is 4.37. The highest BCUT2D eigenvalue weighted by Gasteiger charge is 2.10. The van der Waals surface area contributed by atoms with Gasteiger partial charge in [0.05, 0.1) is 19.8 Å². The average molecular weight is 348 g/mol. The van der Waals surface area contributed by atoms with Gasteiger partial charge >= 0.3 is 0 Å². The summed E-state index contributed by atoms with van der Waals surface area (Å²) in [6.07, 6.45) is 1.98. The van der Waals surface area contributed by atoms with E-state index in [-0.39, 0.29) is 6.10 Å². The molecule has 6 nitrogen and oxygen atoms in total. The van der Waals surface area contributed by atoms with Crippen LogP contribution in [-0.4, -0.2) is 62.9 Å². The number of aliphatic imine (C=N–C) groups is 1. The van der Waals surface area contributed by atoms with Crippen molar-refractivity contribution in [2.45, 2.75) is 32.8 Å². The Bertz CT molecular complexity index is 530. The molecule has 0 amide bonds. The van der Waals surface area contributed by atoms with Crippen molar-refractivity contribution in [2.75, 3.05) is 45.9 Å². The van der Waals surface area contributed by atoms with Crippen LogP contribution in [0.15, 0.2) is 29.3 Å². The van der Waals surface area contributed by atoms with E-state index in [0.717, 1.165) is 63.5 Å². The number of guanidine groups is 1. The molecule has 2 rings (SSSR count). The van der Waals surface area contributed by atoms with Crippen LogP contribution < -0.4 is 15.8 Å². The summed E-state index contributed by atoms with van der Waals surface area (Å²) in [6.45, 7) is 10.4.